The molecule has 0 atom stereocenters. The van der Waals surface area contributed by atoms with Crippen molar-refractivity contribution in [1.29, 1.82) is 0 Å². The maximum atomic E-state index is 13.5. The van der Waals surface area contributed by atoms with Crippen molar-refractivity contribution < 1.29 is 9.13 Å². The number of nitrogen functional groups attached to an aromatic ring is 1. The second-order valence-corrected chi connectivity index (χ2v) is 4.04. The molecule has 0 aliphatic heterocycles. The van der Waals surface area contributed by atoms with Crippen LogP contribution in [0.5, 0.6) is 5.75 Å². The van der Waals surface area contributed by atoms with E-state index in [-0.39, 0.29) is 11.6 Å². The summed E-state index contributed by atoms with van der Waals surface area (Å²) in [6.07, 6.45) is 4.86. The van der Waals surface area contributed by atoms with E-state index in [0.29, 0.717) is 0 Å². The van der Waals surface area contributed by atoms with Gasteiger partial charge in [-0.2, -0.15) is 0 Å². The van der Waals surface area contributed by atoms with Crippen LogP contribution in [0.4, 0.5) is 10.1 Å². The number of aromatic nitrogens is 1. The number of benzene rings is 1. The zero-order chi connectivity index (χ0) is 13.0. The van der Waals surface area contributed by atoms with Crippen molar-refractivity contribution in [3.63, 3.8) is 0 Å². The number of pyridine rings is 1. The van der Waals surface area contributed by atoms with Gasteiger partial charge >= 0.3 is 0 Å². The molecule has 1 aromatic carbocycles. The lowest BCUT2D eigenvalue weighted by Crippen LogP contribution is -1.98. The quantitative estimate of drug-likeness (QED) is 0.902. The molecule has 0 radical (unpaired) electrons. The van der Waals surface area contributed by atoms with Gasteiger partial charge in [-0.25, -0.2) is 4.39 Å². The van der Waals surface area contributed by atoms with Crippen molar-refractivity contribution in [2.45, 2.75) is 12.8 Å². The number of anilines is 1. The van der Waals surface area contributed by atoms with Crippen LogP contribution in [0.15, 0.2) is 36.7 Å². The summed E-state index contributed by atoms with van der Waals surface area (Å²) < 4.78 is 18.4. The van der Waals surface area contributed by atoms with Crippen LogP contribution in [-0.2, 0) is 12.8 Å². The van der Waals surface area contributed by atoms with E-state index in [1.54, 1.807) is 24.5 Å². The molecule has 2 aromatic rings. The van der Waals surface area contributed by atoms with Gasteiger partial charge < -0.3 is 10.5 Å². The summed E-state index contributed by atoms with van der Waals surface area (Å²) in [5.41, 5.74) is 8.44. The number of hydrogen-bond acceptors (Lipinski definition) is 3. The SMILES string of the molecule is COc1ccc(CCc2cnccc2N)cc1F. The van der Waals surface area contributed by atoms with Crippen LogP contribution in [0.1, 0.15) is 11.1 Å². The van der Waals surface area contributed by atoms with E-state index < -0.39 is 0 Å². The van der Waals surface area contributed by atoms with E-state index in [1.165, 1.54) is 13.2 Å². The highest BCUT2D eigenvalue weighted by atomic mass is 19.1. The summed E-state index contributed by atoms with van der Waals surface area (Å²) in [5.74, 6) is -0.0752. The maximum absolute atomic E-state index is 13.5. The maximum Gasteiger partial charge on any atom is 0.165 e. The Morgan fingerprint density at radius 2 is 2.11 bits per heavy atom. The second kappa shape index (κ2) is 5.49. The van der Waals surface area contributed by atoms with E-state index in [9.17, 15) is 4.39 Å². The molecule has 0 bridgehead atoms. The second-order valence-electron chi connectivity index (χ2n) is 4.04. The lowest BCUT2D eigenvalue weighted by Gasteiger charge is -2.06. The Morgan fingerprint density at radius 3 is 2.78 bits per heavy atom. The van der Waals surface area contributed by atoms with Gasteiger partial charge in [-0.1, -0.05) is 6.07 Å². The number of halogens is 1. The van der Waals surface area contributed by atoms with E-state index in [1.807, 2.05) is 6.07 Å². The van der Waals surface area contributed by atoms with Crippen molar-refractivity contribution in [1.82, 2.24) is 4.98 Å². The molecule has 0 aliphatic carbocycles. The van der Waals surface area contributed by atoms with E-state index in [0.717, 1.165) is 29.7 Å². The Kier molecular flexibility index (Phi) is 3.77. The minimum atomic E-state index is -0.339. The Labute approximate surface area is 105 Å². The number of nitrogens with two attached hydrogens (primary N) is 1. The Balaban J connectivity index is 2.07. The first kappa shape index (κ1) is 12.4. The smallest absolute Gasteiger partial charge is 0.165 e. The molecule has 0 saturated heterocycles. The highest BCUT2D eigenvalue weighted by Crippen LogP contribution is 2.19. The largest absolute Gasteiger partial charge is 0.494 e. The molecule has 4 heteroatoms. The molecule has 0 saturated carbocycles. The first-order valence-corrected chi connectivity index (χ1v) is 5.71. The highest BCUT2D eigenvalue weighted by Gasteiger charge is 2.05. The predicted molar refractivity (Wildman–Crippen MR) is 69.0 cm³/mol. The number of rotatable bonds is 4. The summed E-state index contributed by atoms with van der Waals surface area (Å²) in [6.45, 7) is 0. The molecule has 2 N–H and O–H groups in total. The lowest BCUT2D eigenvalue weighted by atomic mass is 10.0. The van der Waals surface area contributed by atoms with Gasteiger partial charge in [0.15, 0.2) is 11.6 Å². The van der Waals surface area contributed by atoms with Gasteiger partial charge in [-0.15, -0.1) is 0 Å². The standard InChI is InChI=1S/C14H15FN2O/c1-18-14-5-3-10(8-12(14)15)2-4-11-9-17-7-6-13(11)16/h3,5-9H,2,4H2,1H3,(H2,16,17). The Hall–Kier alpha value is -2.10. The van der Waals surface area contributed by atoms with Crippen LogP contribution in [0.2, 0.25) is 0 Å². The van der Waals surface area contributed by atoms with Crippen molar-refractivity contribution in [2.75, 3.05) is 12.8 Å². The first-order chi connectivity index (χ1) is 8.70. The number of hydrogen-bond donors (Lipinski definition) is 1. The van der Waals surface area contributed by atoms with Gasteiger partial charge in [0.1, 0.15) is 0 Å². The first-order valence-electron chi connectivity index (χ1n) is 5.71. The van der Waals surface area contributed by atoms with Gasteiger partial charge in [0.2, 0.25) is 0 Å². The van der Waals surface area contributed by atoms with Crippen molar-refractivity contribution >= 4 is 5.69 Å². The Bertz CT molecular complexity index is 543. The molecule has 1 heterocycles. The van der Waals surface area contributed by atoms with Gasteiger partial charge in [0, 0.05) is 18.1 Å². The monoisotopic (exact) mass is 246 g/mol. The molecular formula is C14H15FN2O. The number of methoxy groups -OCH3 is 1. The van der Waals surface area contributed by atoms with Gasteiger partial charge in [0.25, 0.3) is 0 Å². The van der Waals surface area contributed by atoms with Crippen molar-refractivity contribution in [3.05, 3.63) is 53.6 Å². The summed E-state index contributed by atoms with van der Waals surface area (Å²) in [7, 11) is 1.45. The molecule has 0 spiro atoms. The van der Waals surface area contributed by atoms with Crippen LogP contribution in [0.25, 0.3) is 0 Å². The molecular weight excluding hydrogens is 231 g/mol. The van der Waals surface area contributed by atoms with E-state index in [4.69, 9.17) is 10.5 Å². The van der Waals surface area contributed by atoms with Crippen LogP contribution in [0.3, 0.4) is 0 Å². The van der Waals surface area contributed by atoms with Crippen LogP contribution in [-0.4, -0.2) is 12.1 Å². The van der Waals surface area contributed by atoms with Gasteiger partial charge in [-0.3, -0.25) is 4.98 Å². The fourth-order valence-electron chi connectivity index (χ4n) is 1.79. The van der Waals surface area contributed by atoms with Gasteiger partial charge in [-0.05, 0) is 42.2 Å². The molecule has 1 aromatic heterocycles. The molecule has 94 valence electrons. The summed E-state index contributed by atoms with van der Waals surface area (Å²) in [4.78, 5) is 4.03. The average molecular weight is 246 g/mol. The zero-order valence-corrected chi connectivity index (χ0v) is 10.2. The molecule has 0 amide bonds. The molecule has 3 nitrogen and oxygen atoms in total. The third kappa shape index (κ3) is 2.77. The molecule has 0 unspecified atom stereocenters. The summed E-state index contributed by atoms with van der Waals surface area (Å²) in [6, 6.07) is 6.75. The van der Waals surface area contributed by atoms with E-state index in [2.05, 4.69) is 4.98 Å². The van der Waals surface area contributed by atoms with Crippen LogP contribution in [0, 0.1) is 5.82 Å². The minimum Gasteiger partial charge on any atom is -0.494 e. The van der Waals surface area contributed by atoms with Crippen molar-refractivity contribution in [3.8, 4) is 5.75 Å². The van der Waals surface area contributed by atoms with Crippen LogP contribution >= 0.6 is 0 Å². The van der Waals surface area contributed by atoms with Crippen molar-refractivity contribution in [2.24, 2.45) is 0 Å². The predicted octanol–water partition coefficient (Wildman–Crippen LogP) is 2.60. The number of aryl methyl sites for hydroxylation is 2. The lowest BCUT2D eigenvalue weighted by molar-refractivity contribution is 0.386. The molecule has 0 fully saturated rings. The fraction of sp³-hybridized carbons (Fsp3) is 0.214. The van der Waals surface area contributed by atoms with E-state index >= 15 is 0 Å². The zero-order valence-electron chi connectivity index (χ0n) is 10.2. The normalized spacial score (nSPS) is 10.3. The molecule has 2 rings (SSSR count). The third-order valence-corrected chi connectivity index (χ3v) is 2.84. The number of nitrogens with zero attached hydrogens (tertiary/aromatic N) is 1. The number of ether oxygens (including phenoxy) is 1. The minimum absolute atomic E-state index is 0.264. The third-order valence-electron chi connectivity index (χ3n) is 2.84. The molecule has 18 heavy (non-hydrogen) atoms. The summed E-state index contributed by atoms with van der Waals surface area (Å²) >= 11 is 0. The topological polar surface area (TPSA) is 48.1 Å². The average Bonchev–Trinajstić information content (AvgIpc) is 2.38. The fourth-order valence-corrected chi connectivity index (χ4v) is 1.79. The Morgan fingerprint density at radius 1 is 1.28 bits per heavy atom. The van der Waals surface area contributed by atoms with Crippen LogP contribution < -0.4 is 10.5 Å². The molecule has 0 aliphatic rings. The van der Waals surface area contributed by atoms with Gasteiger partial charge in [0.05, 0.1) is 7.11 Å². The summed E-state index contributed by atoms with van der Waals surface area (Å²) in [5, 5.41) is 0. The highest BCUT2D eigenvalue weighted by molar-refractivity contribution is 5.44.